The van der Waals surface area contributed by atoms with Crippen LogP contribution in [0.25, 0.3) is 22.6 Å². The molecule has 8 heteroatoms. The van der Waals surface area contributed by atoms with Crippen molar-refractivity contribution in [3.63, 3.8) is 0 Å². The first-order valence-corrected chi connectivity index (χ1v) is 12.6. The highest BCUT2D eigenvalue weighted by atomic mass is 32.2. The molecule has 7 nitrogen and oxygen atoms in total. The van der Waals surface area contributed by atoms with Crippen molar-refractivity contribution in [3.8, 4) is 22.6 Å². The van der Waals surface area contributed by atoms with E-state index in [1.165, 1.54) is 6.26 Å². The van der Waals surface area contributed by atoms with Gasteiger partial charge in [0.25, 0.3) is 0 Å². The molecule has 0 bridgehead atoms. The van der Waals surface area contributed by atoms with Gasteiger partial charge in [0.05, 0.1) is 22.0 Å². The predicted octanol–water partition coefficient (Wildman–Crippen LogP) is 3.56. The van der Waals surface area contributed by atoms with E-state index >= 15 is 0 Å². The van der Waals surface area contributed by atoms with Gasteiger partial charge in [0, 0.05) is 67.6 Å². The summed E-state index contributed by atoms with van der Waals surface area (Å²) >= 11 is 0. The highest BCUT2D eigenvalue weighted by Crippen LogP contribution is 2.23. The second-order valence-corrected chi connectivity index (χ2v) is 10.2. The van der Waals surface area contributed by atoms with E-state index in [0.717, 1.165) is 59.8 Å². The van der Waals surface area contributed by atoms with Crippen LogP contribution in [0.4, 0.5) is 0 Å². The van der Waals surface area contributed by atoms with Crippen LogP contribution in [0, 0.1) is 0 Å². The second-order valence-electron chi connectivity index (χ2n) is 8.18. The zero-order valence-corrected chi connectivity index (χ0v) is 19.0. The van der Waals surface area contributed by atoms with Crippen LogP contribution in [0.3, 0.4) is 0 Å². The number of pyridine rings is 2. The summed E-state index contributed by atoms with van der Waals surface area (Å²) in [6, 6.07) is 16.7. The van der Waals surface area contributed by atoms with E-state index in [1.807, 2.05) is 36.5 Å². The van der Waals surface area contributed by atoms with Gasteiger partial charge < -0.3 is 0 Å². The first kappa shape index (κ1) is 21.4. The zero-order chi connectivity index (χ0) is 22.8. The van der Waals surface area contributed by atoms with Crippen molar-refractivity contribution in [3.05, 3.63) is 90.1 Å². The van der Waals surface area contributed by atoms with Crippen LogP contribution < -0.4 is 0 Å². The number of fused-ring (bicyclic) bond motifs is 1. The Morgan fingerprint density at radius 3 is 2.55 bits per heavy atom. The number of nitrogens with zero attached hydrogens (tertiary/aromatic N) is 5. The molecule has 0 radical (unpaired) electrons. The van der Waals surface area contributed by atoms with Gasteiger partial charge >= 0.3 is 0 Å². The summed E-state index contributed by atoms with van der Waals surface area (Å²) in [6.07, 6.45) is 7.52. The summed E-state index contributed by atoms with van der Waals surface area (Å²) in [4.78, 5) is 20.9. The SMILES string of the molecule is CS(=O)(=O)c1ccc(-c2cccc(CN3CCc4nc(-c5cccnc5)ncc4C3)n2)cc1. The number of aromatic nitrogens is 4. The van der Waals surface area contributed by atoms with Crippen LogP contribution in [0.5, 0.6) is 0 Å². The first-order chi connectivity index (χ1) is 16.0. The van der Waals surface area contributed by atoms with Crippen LogP contribution >= 0.6 is 0 Å². The molecule has 4 aromatic rings. The fourth-order valence-corrected chi connectivity index (χ4v) is 4.60. The Labute approximate surface area is 193 Å². The Hall–Kier alpha value is -3.49. The van der Waals surface area contributed by atoms with E-state index in [9.17, 15) is 8.42 Å². The average molecular weight is 458 g/mol. The molecule has 0 saturated heterocycles. The Morgan fingerprint density at radius 2 is 1.79 bits per heavy atom. The molecule has 0 aliphatic carbocycles. The Bertz CT molecular complexity index is 1390. The number of sulfone groups is 1. The van der Waals surface area contributed by atoms with E-state index in [4.69, 9.17) is 9.97 Å². The fraction of sp³-hybridized carbons (Fsp3) is 0.200. The molecule has 1 aliphatic heterocycles. The predicted molar refractivity (Wildman–Crippen MR) is 126 cm³/mol. The molecule has 4 heterocycles. The molecule has 5 rings (SSSR count). The largest absolute Gasteiger partial charge is 0.293 e. The topological polar surface area (TPSA) is 88.9 Å². The maximum Gasteiger partial charge on any atom is 0.175 e. The van der Waals surface area contributed by atoms with Crippen molar-refractivity contribution in [2.75, 3.05) is 12.8 Å². The third kappa shape index (κ3) is 4.81. The number of benzene rings is 1. The number of rotatable bonds is 5. The maximum absolute atomic E-state index is 11.7. The molecule has 0 unspecified atom stereocenters. The average Bonchev–Trinajstić information content (AvgIpc) is 2.84. The second kappa shape index (κ2) is 8.80. The molecule has 1 aromatic carbocycles. The molecule has 166 valence electrons. The van der Waals surface area contributed by atoms with Crippen molar-refractivity contribution in [2.24, 2.45) is 0 Å². The van der Waals surface area contributed by atoms with Gasteiger partial charge in [0.2, 0.25) is 0 Å². The van der Waals surface area contributed by atoms with E-state index in [2.05, 4.69) is 14.9 Å². The van der Waals surface area contributed by atoms with Gasteiger partial charge in [-0.15, -0.1) is 0 Å². The van der Waals surface area contributed by atoms with Crippen LogP contribution in [-0.2, 0) is 29.3 Å². The van der Waals surface area contributed by atoms with Crippen molar-refractivity contribution in [1.29, 1.82) is 0 Å². The van der Waals surface area contributed by atoms with E-state index in [0.29, 0.717) is 10.7 Å². The summed E-state index contributed by atoms with van der Waals surface area (Å²) in [7, 11) is -3.21. The minimum atomic E-state index is -3.21. The monoisotopic (exact) mass is 457 g/mol. The molecule has 3 aromatic heterocycles. The molecule has 33 heavy (non-hydrogen) atoms. The van der Waals surface area contributed by atoms with E-state index in [1.54, 1.807) is 36.7 Å². The molecule has 0 fully saturated rings. The van der Waals surface area contributed by atoms with Crippen molar-refractivity contribution < 1.29 is 8.42 Å². The number of hydrogen-bond donors (Lipinski definition) is 0. The normalized spacial score (nSPS) is 14.1. The van der Waals surface area contributed by atoms with Gasteiger partial charge in [-0.3, -0.25) is 14.9 Å². The summed E-state index contributed by atoms with van der Waals surface area (Å²) in [6.45, 7) is 2.39. The van der Waals surface area contributed by atoms with E-state index < -0.39 is 9.84 Å². The van der Waals surface area contributed by atoms with Crippen molar-refractivity contribution in [1.82, 2.24) is 24.8 Å². The van der Waals surface area contributed by atoms with Crippen LogP contribution in [0.15, 0.2) is 78.1 Å². The smallest absolute Gasteiger partial charge is 0.175 e. The molecule has 0 saturated carbocycles. The molecule has 0 atom stereocenters. The zero-order valence-electron chi connectivity index (χ0n) is 18.2. The summed E-state index contributed by atoms with van der Waals surface area (Å²) < 4.78 is 23.4. The fourth-order valence-electron chi connectivity index (χ4n) is 3.97. The van der Waals surface area contributed by atoms with Gasteiger partial charge in [-0.1, -0.05) is 18.2 Å². The molecule has 1 aliphatic rings. The molecule has 0 N–H and O–H groups in total. The van der Waals surface area contributed by atoms with Crippen LogP contribution in [0.1, 0.15) is 17.0 Å². The van der Waals surface area contributed by atoms with Crippen LogP contribution in [0.2, 0.25) is 0 Å². The van der Waals surface area contributed by atoms with Gasteiger partial charge in [-0.25, -0.2) is 18.4 Å². The Kier molecular flexibility index (Phi) is 5.70. The van der Waals surface area contributed by atoms with Crippen molar-refractivity contribution in [2.45, 2.75) is 24.4 Å². The standard InChI is InChI=1S/C25H23N5O2S/c1-33(31,32)22-9-7-18(8-10-22)23-6-2-5-21(28-23)17-30-13-11-24-20(16-30)15-27-25(29-24)19-4-3-12-26-14-19/h2-10,12,14-15H,11,13,16-17H2,1H3. The molecule has 0 spiro atoms. The number of hydrogen-bond acceptors (Lipinski definition) is 7. The third-order valence-corrected chi connectivity index (χ3v) is 6.83. The summed E-state index contributed by atoms with van der Waals surface area (Å²) in [5.74, 6) is 0.714. The third-order valence-electron chi connectivity index (χ3n) is 5.70. The first-order valence-electron chi connectivity index (χ1n) is 10.7. The minimum Gasteiger partial charge on any atom is -0.293 e. The quantitative estimate of drug-likeness (QED) is 0.453. The molecular formula is C25H23N5O2S. The lowest BCUT2D eigenvalue weighted by molar-refractivity contribution is 0.240. The van der Waals surface area contributed by atoms with Crippen LogP contribution in [-0.4, -0.2) is 46.1 Å². The van der Waals surface area contributed by atoms with E-state index in [-0.39, 0.29) is 0 Å². The maximum atomic E-state index is 11.7. The van der Waals surface area contributed by atoms with Gasteiger partial charge in [0.1, 0.15) is 0 Å². The van der Waals surface area contributed by atoms with Gasteiger partial charge in [0.15, 0.2) is 15.7 Å². The Morgan fingerprint density at radius 1 is 0.939 bits per heavy atom. The molecule has 0 amide bonds. The van der Waals surface area contributed by atoms with Gasteiger partial charge in [-0.2, -0.15) is 0 Å². The lowest BCUT2D eigenvalue weighted by Gasteiger charge is -2.27. The van der Waals surface area contributed by atoms with Gasteiger partial charge in [-0.05, 0) is 36.4 Å². The molecular weight excluding hydrogens is 434 g/mol. The lowest BCUT2D eigenvalue weighted by atomic mass is 10.1. The summed E-state index contributed by atoms with van der Waals surface area (Å²) in [5, 5.41) is 0. The Balaban J connectivity index is 1.30. The highest BCUT2D eigenvalue weighted by Gasteiger charge is 2.19. The minimum absolute atomic E-state index is 0.309. The van der Waals surface area contributed by atoms with Crippen molar-refractivity contribution >= 4 is 9.84 Å². The highest BCUT2D eigenvalue weighted by molar-refractivity contribution is 7.90. The summed E-state index contributed by atoms with van der Waals surface area (Å²) in [5.41, 5.74) is 5.84. The lowest BCUT2D eigenvalue weighted by Crippen LogP contribution is -2.31.